The first kappa shape index (κ1) is 21.1. The van der Waals surface area contributed by atoms with Crippen LogP contribution in [0.1, 0.15) is 17.7 Å². The molecule has 31 heavy (non-hydrogen) atoms. The summed E-state index contributed by atoms with van der Waals surface area (Å²) in [5.41, 5.74) is 1.52. The second kappa shape index (κ2) is 8.95. The summed E-state index contributed by atoms with van der Waals surface area (Å²) in [5.74, 6) is -0.0156. The molecule has 0 bridgehead atoms. The standard InChI is InChI=1S/C22H18ClN3O4S/c1-13-10-19(25-30-13)26-21(28)12-18(22(26)29)31-17-8-6-16(7-9-17)24-20(27)11-14-2-4-15(23)5-3-14/h2-10,18H,11-12H2,1H3,(H,24,27)/t18-/m0/s1. The summed E-state index contributed by atoms with van der Waals surface area (Å²) in [6.07, 6.45) is 0.332. The molecule has 4 rings (SSSR count). The van der Waals surface area contributed by atoms with E-state index in [0.29, 0.717) is 16.5 Å². The molecule has 1 N–H and O–H groups in total. The molecule has 3 aromatic rings. The van der Waals surface area contributed by atoms with E-state index in [0.717, 1.165) is 15.4 Å². The Morgan fingerprint density at radius 2 is 1.90 bits per heavy atom. The topological polar surface area (TPSA) is 92.5 Å². The van der Waals surface area contributed by atoms with Gasteiger partial charge in [0.2, 0.25) is 17.7 Å². The Balaban J connectivity index is 1.35. The van der Waals surface area contributed by atoms with E-state index in [2.05, 4.69) is 10.5 Å². The maximum absolute atomic E-state index is 12.7. The van der Waals surface area contributed by atoms with Crippen molar-refractivity contribution in [3.63, 3.8) is 0 Å². The summed E-state index contributed by atoms with van der Waals surface area (Å²) in [6, 6.07) is 15.8. The highest BCUT2D eigenvalue weighted by atomic mass is 35.5. The number of imide groups is 1. The Labute approximate surface area is 187 Å². The van der Waals surface area contributed by atoms with Crippen molar-refractivity contribution in [2.24, 2.45) is 0 Å². The Morgan fingerprint density at radius 3 is 2.55 bits per heavy atom. The number of nitrogens with one attached hydrogen (secondary N) is 1. The van der Waals surface area contributed by atoms with Crippen molar-refractivity contribution in [2.75, 3.05) is 10.2 Å². The lowest BCUT2D eigenvalue weighted by Crippen LogP contribution is -2.31. The maximum Gasteiger partial charge on any atom is 0.249 e. The van der Waals surface area contributed by atoms with Gasteiger partial charge in [0.05, 0.1) is 11.7 Å². The molecule has 1 aliphatic heterocycles. The minimum atomic E-state index is -0.533. The molecule has 0 unspecified atom stereocenters. The first-order valence-electron chi connectivity index (χ1n) is 9.50. The Hall–Kier alpha value is -3.10. The van der Waals surface area contributed by atoms with Gasteiger partial charge in [-0.1, -0.05) is 28.9 Å². The van der Waals surface area contributed by atoms with Gasteiger partial charge in [-0.3, -0.25) is 14.4 Å². The van der Waals surface area contributed by atoms with Gasteiger partial charge >= 0.3 is 0 Å². The van der Waals surface area contributed by atoms with E-state index in [-0.39, 0.29) is 36.4 Å². The van der Waals surface area contributed by atoms with Gasteiger partial charge in [0.1, 0.15) is 5.76 Å². The lowest BCUT2D eigenvalue weighted by Gasteiger charge is -2.11. The number of aryl methyl sites for hydroxylation is 1. The number of thioether (sulfide) groups is 1. The Morgan fingerprint density at radius 1 is 1.19 bits per heavy atom. The second-order valence-electron chi connectivity index (χ2n) is 7.05. The molecule has 2 heterocycles. The van der Waals surface area contributed by atoms with E-state index in [4.69, 9.17) is 16.1 Å². The van der Waals surface area contributed by atoms with Crippen molar-refractivity contribution in [1.82, 2.24) is 5.16 Å². The molecule has 1 fully saturated rings. The third-order valence-electron chi connectivity index (χ3n) is 4.64. The van der Waals surface area contributed by atoms with Crippen molar-refractivity contribution < 1.29 is 18.9 Å². The van der Waals surface area contributed by atoms with Crippen LogP contribution in [0.15, 0.2) is 64.0 Å². The molecular formula is C22H18ClN3O4S. The van der Waals surface area contributed by atoms with Crippen molar-refractivity contribution in [2.45, 2.75) is 29.9 Å². The third kappa shape index (κ3) is 4.98. The molecule has 2 aromatic carbocycles. The molecule has 7 nitrogen and oxygen atoms in total. The van der Waals surface area contributed by atoms with Crippen LogP contribution >= 0.6 is 23.4 Å². The molecule has 0 radical (unpaired) electrons. The lowest BCUT2D eigenvalue weighted by molar-refractivity contribution is -0.121. The molecule has 3 amide bonds. The van der Waals surface area contributed by atoms with E-state index in [9.17, 15) is 14.4 Å². The number of nitrogens with zero attached hydrogens (tertiary/aromatic N) is 2. The van der Waals surface area contributed by atoms with Crippen molar-refractivity contribution in [1.29, 1.82) is 0 Å². The molecule has 158 valence electrons. The highest BCUT2D eigenvalue weighted by Crippen LogP contribution is 2.34. The molecule has 0 aliphatic carbocycles. The predicted octanol–water partition coefficient (Wildman–Crippen LogP) is 4.24. The van der Waals surface area contributed by atoms with Gasteiger partial charge in [-0.25, -0.2) is 4.90 Å². The highest BCUT2D eigenvalue weighted by Gasteiger charge is 2.41. The SMILES string of the molecule is Cc1cc(N2C(=O)C[C@H](Sc3ccc(NC(=O)Cc4ccc(Cl)cc4)cc3)C2=O)no1. The number of rotatable bonds is 6. The molecule has 0 spiro atoms. The molecule has 1 atom stereocenters. The largest absolute Gasteiger partial charge is 0.360 e. The van der Waals surface area contributed by atoms with E-state index < -0.39 is 5.25 Å². The average molecular weight is 456 g/mol. The summed E-state index contributed by atoms with van der Waals surface area (Å²) < 4.78 is 4.97. The summed E-state index contributed by atoms with van der Waals surface area (Å²) in [7, 11) is 0. The molecule has 1 aromatic heterocycles. The zero-order valence-electron chi connectivity index (χ0n) is 16.5. The van der Waals surface area contributed by atoms with Gasteiger partial charge < -0.3 is 9.84 Å². The van der Waals surface area contributed by atoms with Gasteiger partial charge in [-0.2, -0.15) is 0 Å². The molecule has 1 aliphatic rings. The normalized spacial score (nSPS) is 16.1. The monoisotopic (exact) mass is 455 g/mol. The van der Waals surface area contributed by atoms with Crippen molar-refractivity contribution >= 4 is 52.6 Å². The van der Waals surface area contributed by atoms with Crippen LogP contribution in [0.2, 0.25) is 5.02 Å². The zero-order chi connectivity index (χ0) is 22.0. The summed E-state index contributed by atoms with van der Waals surface area (Å²) in [4.78, 5) is 39.1. The quantitative estimate of drug-likeness (QED) is 0.559. The van der Waals surface area contributed by atoms with Crippen LogP contribution in [0, 0.1) is 6.92 Å². The third-order valence-corrected chi connectivity index (χ3v) is 6.09. The second-order valence-corrected chi connectivity index (χ2v) is 8.76. The predicted molar refractivity (Wildman–Crippen MR) is 118 cm³/mol. The molecule has 0 saturated carbocycles. The number of carbonyl (C=O) groups is 3. The van der Waals surface area contributed by atoms with Crippen molar-refractivity contribution in [3.05, 3.63) is 70.9 Å². The smallest absolute Gasteiger partial charge is 0.249 e. The minimum absolute atomic E-state index is 0.0922. The maximum atomic E-state index is 12.7. The average Bonchev–Trinajstić information content (AvgIpc) is 3.27. The van der Waals surface area contributed by atoms with Crippen LogP contribution in [-0.2, 0) is 20.8 Å². The number of carbonyl (C=O) groups excluding carboxylic acids is 3. The van der Waals surface area contributed by atoms with Crippen molar-refractivity contribution in [3.8, 4) is 0 Å². The van der Waals surface area contributed by atoms with Gasteiger partial charge in [-0.15, -0.1) is 11.8 Å². The van der Waals surface area contributed by atoms with E-state index >= 15 is 0 Å². The fourth-order valence-electron chi connectivity index (χ4n) is 3.17. The van der Waals surface area contributed by atoms with Crippen LogP contribution in [0.3, 0.4) is 0 Å². The number of halogens is 1. The lowest BCUT2D eigenvalue weighted by atomic mass is 10.1. The van der Waals surface area contributed by atoms with Crippen LogP contribution in [0.4, 0.5) is 11.5 Å². The number of anilines is 2. The Kier molecular flexibility index (Phi) is 6.11. The van der Waals surface area contributed by atoms with Crippen LogP contribution in [0.25, 0.3) is 0 Å². The fourth-order valence-corrected chi connectivity index (χ4v) is 4.35. The Bertz CT molecular complexity index is 1130. The van der Waals surface area contributed by atoms with Gasteiger partial charge in [0.25, 0.3) is 0 Å². The molecule has 1 saturated heterocycles. The minimum Gasteiger partial charge on any atom is -0.360 e. The van der Waals surface area contributed by atoms with E-state index in [1.807, 2.05) is 24.3 Å². The first-order valence-corrected chi connectivity index (χ1v) is 10.8. The van der Waals surface area contributed by atoms with Crippen LogP contribution in [0.5, 0.6) is 0 Å². The van der Waals surface area contributed by atoms with E-state index in [1.54, 1.807) is 37.3 Å². The van der Waals surface area contributed by atoms with Gasteiger partial charge in [-0.05, 0) is 48.9 Å². The molecular weight excluding hydrogens is 438 g/mol. The number of hydrogen-bond acceptors (Lipinski definition) is 6. The number of aromatic nitrogens is 1. The highest BCUT2D eigenvalue weighted by molar-refractivity contribution is 8.00. The van der Waals surface area contributed by atoms with Gasteiger partial charge in [0, 0.05) is 28.1 Å². The summed E-state index contributed by atoms with van der Waals surface area (Å²) in [5, 5.41) is 6.70. The first-order chi connectivity index (χ1) is 14.9. The zero-order valence-corrected chi connectivity index (χ0v) is 18.1. The number of hydrogen-bond donors (Lipinski definition) is 1. The summed E-state index contributed by atoms with van der Waals surface area (Å²) in [6.45, 7) is 1.70. The fraction of sp³-hybridized carbons (Fsp3) is 0.182. The van der Waals surface area contributed by atoms with E-state index in [1.165, 1.54) is 11.8 Å². The number of benzene rings is 2. The number of amides is 3. The van der Waals surface area contributed by atoms with Crippen LogP contribution < -0.4 is 10.2 Å². The summed E-state index contributed by atoms with van der Waals surface area (Å²) >= 11 is 7.16. The molecule has 9 heteroatoms. The van der Waals surface area contributed by atoms with Gasteiger partial charge in [0.15, 0.2) is 5.82 Å². The van der Waals surface area contributed by atoms with Crippen LogP contribution in [-0.4, -0.2) is 28.1 Å².